The van der Waals surface area contributed by atoms with Crippen LogP contribution in [0.5, 0.6) is 0 Å². The molecule has 1 fully saturated rings. The quantitative estimate of drug-likeness (QED) is 0.599. The van der Waals surface area contributed by atoms with Crippen molar-refractivity contribution in [2.24, 2.45) is 0 Å². The number of hydrogen-bond donors (Lipinski definition) is 2. The van der Waals surface area contributed by atoms with Crippen molar-refractivity contribution in [1.82, 2.24) is 4.98 Å². The molecule has 9 heteroatoms. The molecule has 21 heavy (non-hydrogen) atoms. The molecule has 0 amide bonds. The molecule has 9 nitrogen and oxygen atoms in total. The zero-order valence-electron chi connectivity index (χ0n) is 11.3. The number of rotatable bonds is 4. The van der Waals surface area contributed by atoms with Gasteiger partial charge in [-0.15, -0.1) is 0 Å². The van der Waals surface area contributed by atoms with Crippen LogP contribution in [0.4, 0.5) is 11.5 Å². The summed E-state index contributed by atoms with van der Waals surface area (Å²) in [5.41, 5.74) is -0.620. The number of aromatic nitrogens is 1. The van der Waals surface area contributed by atoms with Crippen LogP contribution in [-0.2, 0) is 4.74 Å². The van der Waals surface area contributed by atoms with E-state index in [1.807, 2.05) is 6.92 Å². The smallest absolute Gasteiger partial charge is 0.339 e. The fraction of sp³-hybridized carbons (Fsp3) is 0.500. The molecule has 2 heterocycles. The van der Waals surface area contributed by atoms with E-state index < -0.39 is 17.0 Å². The number of ether oxygens (including phenoxy) is 1. The normalized spacial score (nSPS) is 22.1. The highest BCUT2D eigenvalue weighted by Crippen LogP contribution is 2.26. The number of carboxylic acids is 1. The first-order chi connectivity index (χ1) is 9.93. The molecule has 0 aliphatic carbocycles. The van der Waals surface area contributed by atoms with Crippen molar-refractivity contribution in [1.29, 1.82) is 0 Å². The average Bonchev–Trinajstić information content (AvgIpc) is 2.47. The maximum absolute atomic E-state index is 11.3. The van der Waals surface area contributed by atoms with Crippen LogP contribution in [0.1, 0.15) is 17.3 Å². The number of pyridine rings is 1. The monoisotopic (exact) mass is 297 g/mol. The summed E-state index contributed by atoms with van der Waals surface area (Å²) in [7, 11) is 0. The van der Waals surface area contributed by atoms with Crippen molar-refractivity contribution in [3.63, 3.8) is 0 Å². The summed E-state index contributed by atoms with van der Waals surface area (Å²) in [5, 5.41) is 29.1. The highest BCUT2D eigenvalue weighted by Gasteiger charge is 2.30. The molecule has 0 bridgehead atoms. The van der Waals surface area contributed by atoms with Crippen molar-refractivity contribution >= 4 is 17.5 Å². The molecule has 1 aromatic heterocycles. The minimum Gasteiger partial charge on any atom is -0.478 e. The summed E-state index contributed by atoms with van der Waals surface area (Å²) in [5.74, 6) is -1.15. The van der Waals surface area contributed by atoms with E-state index >= 15 is 0 Å². The number of aliphatic hydroxyl groups is 1. The Balaban J connectivity index is 2.41. The Bertz CT molecular complexity index is 564. The lowest BCUT2D eigenvalue weighted by Gasteiger charge is -2.38. The van der Waals surface area contributed by atoms with Crippen molar-refractivity contribution in [3.05, 3.63) is 27.9 Å². The minimum atomic E-state index is -1.29. The van der Waals surface area contributed by atoms with Gasteiger partial charge in [0.15, 0.2) is 0 Å². The standard InChI is InChI=1S/C12H15N3O6/c1-7-6-21-9(5-16)4-14(7)11-10(12(17)18)2-8(3-13-11)15(19)20/h2-3,7,9,16H,4-6H2,1H3,(H,17,18). The van der Waals surface area contributed by atoms with Crippen molar-refractivity contribution in [2.75, 3.05) is 24.7 Å². The van der Waals surface area contributed by atoms with Gasteiger partial charge < -0.3 is 19.8 Å². The lowest BCUT2D eigenvalue weighted by Crippen LogP contribution is -2.50. The number of aliphatic hydroxyl groups excluding tert-OH is 1. The molecular weight excluding hydrogens is 282 g/mol. The zero-order valence-corrected chi connectivity index (χ0v) is 11.3. The first-order valence-electron chi connectivity index (χ1n) is 6.31. The summed E-state index contributed by atoms with van der Waals surface area (Å²) >= 11 is 0. The third kappa shape index (κ3) is 3.09. The second kappa shape index (κ2) is 6.02. The van der Waals surface area contributed by atoms with Crippen molar-refractivity contribution in [2.45, 2.75) is 19.1 Å². The summed E-state index contributed by atoms with van der Waals surface area (Å²) in [4.78, 5) is 27.0. The number of nitro groups is 1. The largest absolute Gasteiger partial charge is 0.478 e. The Morgan fingerprint density at radius 2 is 2.38 bits per heavy atom. The summed E-state index contributed by atoms with van der Waals surface area (Å²) in [6.45, 7) is 2.20. The Morgan fingerprint density at radius 3 is 2.95 bits per heavy atom. The lowest BCUT2D eigenvalue weighted by molar-refractivity contribution is -0.385. The Hall–Kier alpha value is -2.26. The van der Waals surface area contributed by atoms with Gasteiger partial charge in [-0.05, 0) is 6.92 Å². The third-order valence-electron chi connectivity index (χ3n) is 3.27. The zero-order chi connectivity index (χ0) is 15.6. The van der Waals surface area contributed by atoms with E-state index in [2.05, 4.69) is 4.98 Å². The van der Waals surface area contributed by atoms with Gasteiger partial charge in [0.1, 0.15) is 17.6 Å². The molecule has 1 saturated heterocycles. The third-order valence-corrected chi connectivity index (χ3v) is 3.27. The highest BCUT2D eigenvalue weighted by molar-refractivity contribution is 5.94. The van der Waals surface area contributed by atoms with Crippen molar-refractivity contribution in [3.8, 4) is 0 Å². The van der Waals surface area contributed by atoms with Crippen LogP contribution in [0.25, 0.3) is 0 Å². The molecule has 0 aromatic carbocycles. The Labute approximate surface area is 119 Å². The van der Waals surface area contributed by atoms with Crippen LogP contribution in [-0.4, -0.2) is 58.0 Å². The second-order valence-corrected chi connectivity index (χ2v) is 4.77. The van der Waals surface area contributed by atoms with E-state index in [0.717, 1.165) is 12.3 Å². The van der Waals surface area contributed by atoms with Gasteiger partial charge in [0.25, 0.3) is 5.69 Å². The fourth-order valence-corrected chi connectivity index (χ4v) is 2.16. The molecule has 0 spiro atoms. The molecule has 2 unspecified atom stereocenters. The number of morpholine rings is 1. The van der Waals surface area contributed by atoms with Gasteiger partial charge in [0.2, 0.25) is 0 Å². The number of carboxylic acid groups (broad SMARTS) is 1. The first-order valence-corrected chi connectivity index (χ1v) is 6.31. The minimum absolute atomic E-state index is 0.141. The average molecular weight is 297 g/mol. The Kier molecular flexibility index (Phi) is 4.34. The van der Waals surface area contributed by atoms with Crippen LogP contribution in [0, 0.1) is 10.1 Å². The maximum Gasteiger partial charge on any atom is 0.339 e. The Morgan fingerprint density at radius 1 is 1.67 bits per heavy atom. The lowest BCUT2D eigenvalue weighted by atomic mass is 10.1. The molecule has 2 N–H and O–H groups in total. The van der Waals surface area contributed by atoms with E-state index in [4.69, 9.17) is 9.84 Å². The van der Waals surface area contributed by atoms with E-state index in [1.165, 1.54) is 0 Å². The van der Waals surface area contributed by atoms with Gasteiger partial charge in [-0.3, -0.25) is 10.1 Å². The summed E-state index contributed by atoms with van der Waals surface area (Å²) in [6.07, 6.45) is 0.581. The molecule has 1 aliphatic heterocycles. The highest BCUT2D eigenvalue weighted by atomic mass is 16.6. The fourth-order valence-electron chi connectivity index (χ4n) is 2.16. The van der Waals surface area contributed by atoms with Crippen LogP contribution in [0.3, 0.4) is 0 Å². The van der Waals surface area contributed by atoms with Gasteiger partial charge in [-0.25, -0.2) is 9.78 Å². The molecule has 114 valence electrons. The maximum atomic E-state index is 11.3. The first kappa shape index (κ1) is 15.1. The van der Waals surface area contributed by atoms with E-state index in [9.17, 15) is 20.0 Å². The molecule has 1 aliphatic rings. The van der Waals surface area contributed by atoms with Crippen LogP contribution >= 0.6 is 0 Å². The number of carbonyl (C=O) groups is 1. The van der Waals surface area contributed by atoms with E-state index in [-0.39, 0.29) is 36.3 Å². The molecule has 2 atom stereocenters. The number of hydrogen-bond acceptors (Lipinski definition) is 7. The number of anilines is 1. The van der Waals surface area contributed by atoms with Gasteiger partial charge in [-0.1, -0.05) is 0 Å². The van der Waals surface area contributed by atoms with E-state index in [0.29, 0.717) is 6.61 Å². The molecular formula is C12H15N3O6. The summed E-state index contributed by atoms with van der Waals surface area (Å²) < 4.78 is 5.38. The van der Waals surface area contributed by atoms with Gasteiger partial charge >= 0.3 is 5.97 Å². The second-order valence-electron chi connectivity index (χ2n) is 4.77. The van der Waals surface area contributed by atoms with Crippen LogP contribution < -0.4 is 4.90 Å². The number of nitrogens with zero attached hydrogens (tertiary/aromatic N) is 3. The van der Waals surface area contributed by atoms with Crippen LogP contribution in [0.2, 0.25) is 0 Å². The molecule has 0 saturated carbocycles. The van der Waals surface area contributed by atoms with Gasteiger partial charge in [0.05, 0.1) is 30.3 Å². The molecule has 1 aromatic rings. The number of aromatic carboxylic acids is 1. The van der Waals surface area contributed by atoms with Crippen molar-refractivity contribution < 1.29 is 24.7 Å². The topological polar surface area (TPSA) is 126 Å². The molecule has 0 radical (unpaired) electrons. The SMILES string of the molecule is CC1COC(CO)CN1c1ncc([N+](=O)[O-])cc1C(=O)O. The van der Waals surface area contributed by atoms with Gasteiger partial charge in [0, 0.05) is 12.6 Å². The predicted molar refractivity (Wildman–Crippen MR) is 71.5 cm³/mol. The van der Waals surface area contributed by atoms with E-state index in [1.54, 1.807) is 4.90 Å². The summed E-state index contributed by atoms with van der Waals surface area (Å²) in [6, 6.07) is 0.834. The van der Waals surface area contributed by atoms with Gasteiger partial charge in [-0.2, -0.15) is 0 Å². The molecule has 2 rings (SSSR count). The predicted octanol–water partition coefficient (Wildman–Crippen LogP) is 0.274. The van der Waals surface area contributed by atoms with Crippen LogP contribution in [0.15, 0.2) is 12.3 Å².